The molecule has 0 spiro atoms. The van der Waals surface area contributed by atoms with Crippen LogP contribution in [0.15, 0.2) is 43.0 Å². The average Bonchev–Trinajstić information content (AvgIpc) is 2.48. The number of anilines is 1. The highest BCUT2D eigenvalue weighted by molar-refractivity contribution is 6.42. The van der Waals surface area contributed by atoms with Gasteiger partial charge in [0.05, 0.1) is 20.1 Å². The fourth-order valence-electron chi connectivity index (χ4n) is 1.80. The van der Waals surface area contributed by atoms with E-state index in [-0.39, 0.29) is 0 Å². The summed E-state index contributed by atoms with van der Waals surface area (Å²) >= 11 is 24.2. The lowest BCUT2D eigenvalue weighted by molar-refractivity contribution is 0.363. The largest absolute Gasteiger partial charge is 0.486 e. The summed E-state index contributed by atoms with van der Waals surface area (Å²) < 4.78 is 5.43. The molecule has 0 aliphatic heterocycles. The van der Waals surface area contributed by atoms with E-state index in [1.165, 1.54) is 0 Å². The third-order valence-electron chi connectivity index (χ3n) is 2.82. The Labute approximate surface area is 149 Å². The first-order chi connectivity index (χ1) is 10.5. The van der Waals surface area contributed by atoms with E-state index in [2.05, 4.69) is 11.9 Å². The van der Waals surface area contributed by atoms with E-state index in [0.29, 0.717) is 39.0 Å². The summed E-state index contributed by atoms with van der Waals surface area (Å²) in [5.41, 5.74) is 1.78. The molecule has 0 bridgehead atoms. The first-order valence-corrected chi connectivity index (χ1v) is 7.93. The van der Waals surface area contributed by atoms with Crippen molar-refractivity contribution in [2.24, 2.45) is 0 Å². The number of benzene rings is 2. The summed E-state index contributed by atoms with van der Waals surface area (Å²) in [5, 5.41) is 5.16. The van der Waals surface area contributed by atoms with Crippen LogP contribution in [0.5, 0.6) is 5.75 Å². The molecule has 0 heterocycles. The van der Waals surface area contributed by atoms with Gasteiger partial charge in [0.25, 0.3) is 0 Å². The summed E-state index contributed by atoms with van der Waals surface area (Å²) in [6, 6.07) is 8.94. The lowest BCUT2D eigenvalue weighted by atomic mass is 10.2. The highest BCUT2D eigenvalue weighted by atomic mass is 35.5. The molecule has 0 aliphatic carbocycles. The number of halogens is 4. The molecule has 0 amide bonds. The summed E-state index contributed by atoms with van der Waals surface area (Å²) in [5.74, 6) is 0.460. The van der Waals surface area contributed by atoms with Crippen LogP contribution in [0.25, 0.3) is 0 Å². The minimum absolute atomic E-state index is 0.348. The predicted molar refractivity (Wildman–Crippen MR) is 95.9 cm³/mol. The van der Waals surface area contributed by atoms with Gasteiger partial charge < -0.3 is 10.1 Å². The molecular formula is C16H13Cl4NO. The quantitative estimate of drug-likeness (QED) is 0.582. The van der Waals surface area contributed by atoms with Gasteiger partial charge in [0, 0.05) is 12.2 Å². The average molecular weight is 377 g/mol. The Kier molecular flexibility index (Phi) is 6.27. The molecule has 6 heteroatoms. The predicted octanol–water partition coefficient (Wildman–Crippen LogP) is 6.48. The minimum atomic E-state index is 0.348. The van der Waals surface area contributed by atoms with E-state index in [0.717, 1.165) is 11.3 Å². The molecule has 0 atom stereocenters. The van der Waals surface area contributed by atoms with Crippen molar-refractivity contribution in [3.8, 4) is 5.75 Å². The third-order valence-corrected chi connectivity index (χ3v) is 4.12. The molecule has 0 radical (unpaired) electrons. The molecule has 0 aliphatic rings. The fourth-order valence-corrected chi connectivity index (χ4v) is 2.74. The van der Waals surface area contributed by atoms with Crippen molar-refractivity contribution < 1.29 is 4.74 Å². The van der Waals surface area contributed by atoms with E-state index in [1.54, 1.807) is 30.3 Å². The van der Waals surface area contributed by atoms with Crippen LogP contribution in [0, 0.1) is 0 Å². The molecule has 22 heavy (non-hydrogen) atoms. The maximum atomic E-state index is 6.19. The van der Waals surface area contributed by atoms with E-state index in [1.807, 2.05) is 6.07 Å². The van der Waals surface area contributed by atoms with Crippen molar-refractivity contribution in [2.45, 2.75) is 6.54 Å². The van der Waals surface area contributed by atoms with Crippen LogP contribution < -0.4 is 10.1 Å². The lowest BCUT2D eigenvalue weighted by Gasteiger charge is -2.12. The zero-order chi connectivity index (χ0) is 16.1. The van der Waals surface area contributed by atoms with Crippen molar-refractivity contribution in [3.05, 3.63) is 68.6 Å². The van der Waals surface area contributed by atoms with Crippen LogP contribution in [-0.4, -0.2) is 6.61 Å². The lowest BCUT2D eigenvalue weighted by Crippen LogP contribution is -2.01. The number of nitrogens with one attached hydrogen (secondary N) is 1. The maximum absolute atomic E-state index is 6.19. The van der Waals surface area contributed by atoms with E-state index in [4.69, 9.17) is 51.1 Å². The molecule has 0 saturated heterocycles. The second-order valence-corrected chi connectivity index (χ2v) is 6.10. The normalized spacial score (nSPS) is 10.4. The fraction of sp³-hybridized carbons (Fsp3) is 0.125. The van der Waals surface area contributed by atoms with Crippen LogP contribution in [0.2, 0.25) is 20.1 Å². The molecular weight excluding hydrogens is 364 g/mol. The zero-order valence-corrected chi connectivity index (χ0v) is 14.5. The van der Waals surface area contributed by atoms with Crippen molar-refractivity contribution in [1.82, 2.24) is 0 Å². The van der Waals surface area contributed by atoms with E-state index < -0.39 is 0 Å². The maximum Gasteiger partial charge on any atom is 0.156 e. The van der Waals surface area contributed by atoms with E-state index >= 15 is 0 Å². The van der Waals surface area contributed by atoms with Crippen LogP contribution >= 0.6 is 46.4 Å². The Hall–Kier alpha value is -1.06. The molecule has 2 aromatic carbocycles. The van der Waals surface area contributed by atoms with Gasteiger partial charge in [-0.15, -0.1) is 0 Å². The van der Waals surface area contributed by atoms with Gasteiger partial charge in [-0.2, -0.15) is 0 Å². The zero-order valence-electron chi connectivity index (χ0n) is 11.5. The molecule has 2 aromatic rings. The summed E-state index contributed by atoms with van der Waals surface area (Å²) in [7, 11) is 0. The Bertz CT molecular complexity index is 665. The Morgan fingerprint density at radius 1 is 0.955 bits per heavy atom. The molecule has 0 saturated carbocycles. The van der Waals surface area contributed by atoms with Crippen LogP contribution in [0.4, 0.5) is 5.69 Å². The van der Waals surface area contributed by atoms with Gasteiger partial charge >= 0.3 is 0 Å². The molecule has 0 aromatic heterocycles. The molecule has 2 rings (SSSR count). The molecule has 0 fully saturated rings. The van der Waals surface area contributed by atoms with Gasteiger partial charge in [-0.05, 0) is 35.9 Å². The summed E-state index contributed by atoms with van der Waals surface area (Å²) in [6.07, 6.45) is 1.63. The van der Waals surface area contributed by atoms with Gasteiger partial charge in [-0.3, -0.25) is 0 Å². The van der Waals surface area contributed by atoms with Gasteiger partial charge in [-0.1, -0.05) is 59.1 Å². The Balaban J connectivity index is 2.09. The van der Waals surface area contributed by atoms with Crippen molar-refractivity contribution >= 4 is 52.1 Å². The standard InChI is InChI=1S/C16H13Cl4NO/c1-2-5-22-16-14(19)6-10(7-15(16)20)9-21-11-3-4-12(17)13(18)8-11/h2-4,6-8,21H,1,5,9H2. The second-order valence-electron chi connectivity index (χ2n) is 4.47. The van der Waals surface area contributed by atoms with Crippen molar-refractivity contribution in [3.63, 3.8) is 0 Å². The Morgan fingerprint density at radius 2 is 1.64 bits per heavy atom. The van der Waals surface area contributed by atoms with Crippen molar-refractivity contribution in [2.75, 3.05) is 11.9 Å². The second kappa shape index (κ2) is 7.98. The van der Waals surface area contributed by atoms with Crippen LogP contribution in [0.1, 0.15) is 5.56 Å². The topological polar surface area (TPSA) is 21.3 Å². The SMILES string of the molecule is C=CCOc1c(Cl)cc(CNc2ccc(Cl)c(Cl)c2)cc1Cl. The first-order valence-electron chi connectivity index (χ1n) is 6.42. The van der Waals surface area contributed by atoms with Gasteiger partial charge in [0.15, 0.2) is 5.75 Å². The van der Waals surface area contributed by atoms with Gasteiger partial charge in [-0.25, -0.2) is 0 Å². The number of ether oxygens (including phenoxy) is 1. The smallest absolute Gasteiger partial charge is 0.156 e. The van der Waals surface area contributed by atoms with Gasteiger partial charge in [0.2, 0.25) is 0 Å². The number of rotatable bonds is 6. The van der Waals surface area contributed by atoms with E-state index in [9.17, 15) is 0 Å². The third kappa shape index (κ3) is 4.47. The number of hydrogen-bond donors (Lipinski definition) is 1. The highest BCUT2D eigenvalue weighted by Crippen LogP contribution is 2.34. The monoisotopic (exact) mass is 375 g/mol. The first kappa shape index (κ1) is 17.3. The van der Waals surface area contributed by atoms with Gasteiger partial charge in [0.1, 0.15) is 6.61 Å². The number of hydrogen-bond acceptors (Lipinski definition) is 2. The summed E-state index contributed by atoms with van der Waals surface area (Å²) in [6.45, 7) is 4.48. The van der Waals surface area contributed by atoms with Crippen LogP contribution in [-0.2, 0) is 6.54 Å². The highest BCUT2D eigenvalue weighted by Gasteiger charge is 2.09. The minimum Gasteiger partial charge on any atom is -0.486 e. The molecule has 1 N–H and O–H groups in total. The molecule has 2 nitrogen and oxygen atoms in total. The molecule has 116 valence electrons. The molecule has 0 unspecified atom stereocenters. The van der Waals surface area contributed by atoms with Crippen LogP contribution in [0.3, 0.4) is 0 Å². The Morgan fingerprint density at radius 3 is 2.23 bits per heavy atom. The van der Waals surface area contributed by atoms with Crippen molar-refractivity contribution in [1.29, 1.82) is 0 Å². The summed E-state index contributed by atoms with van der Waals surface area (Å²) in [4.78, 5) is 0.